The van der Waals surface area contributed by atoms with Gasteiger partial charge in [0.25, 0.3) is 0 Å². The first-order valence-electron chi connectivity index (χ1n) is 5.96. The minimum Gasteiger partial charge on any atom is -0.293 e. The van der Waals surface area contributed by atoms with Gasteiger partial charge in [0, 0.05) is 10.3 Å². The Kier molecular flexibility index (Phi) is 4.42. The molecule has 1 aromatic rings. The highest BCUT2D eigenvalue weighted by molar-refractivity contribution is 8.01. The molecule has 0 aliphatic heterocycles. The van der Waals surface area contributed by atoms with E-state index in [-0.39, 0.29) is 10.5 Å². The van der Waals surface area contributed by atoms with E-state index in [0.717, 1.165) is 11.1 Å². The molecule has 0 spiro atoms. The highest BCUT2D eigenvalue weighted by atomic mass is 32.2. The summed E-state index contributed by atoms with van der Waals surface area (Å²) in [6, 6.07) is 4.13. The first-order chi connectivity index (χ1) is 7.70. The van der Waals surface area contributed by atoms with Gasteiger partial charge in [0.1, 0.15) is 0 Å². The summed E-state index contributed by atoms with van der Waals surface area (Å²) in [6.07, 6.45) is 0. The highest BCUT2D eigenvalue weighted by Gasteiger charge is 2.16. The SMILES string of the molecule is Cc1cc(C)c(C(=O)CSC(C)(C)C)cc1C. The molecule has 0 unspecified atom stereocenters. The summed E-state index contributed by atoms with van der Waals surface area (Å²) in [5.74, 6) is 0.804. The van der Waals surface area contributed by atoms with Gasteiger partial charge in [-0.1, -0.05) is 26.8 Å². The summed E-state index contributed by atoms with van der Waals surface area (Å²) in [5, 5.41) is 0. The summed E-state index contributed by atoms with van der Waals surface area (Å²) in [6.45, 7) is 12.6. The number of rotatable bonds is 3. The van der Waals surface area contributed by atoms with E-state index in [1.165, 1.54) is 11.1 Å². The van der Waals surface area contributed by atoms with Crippen molar-refractivity contribution >= 4 is 17.5 Å². The van der Waals surface area contributed by atoms with Crippen LogP contribution < -0.4 is 0 Å². The van der Waals surface area contributed by atoms with Crippen LogP contribution in [0.4, 0.5) is 0 Å². The fourth-order valence-electron chi connectivity index (χ4n) is 1.62. The third-order valence-electron chi connectivity index (χ3n) is 2.78. The van der Waals surface area contributed by atoms with Crippen LogP contribution in [0.2, 0.25) is 0 Å². The van der Waals surface area contributed by atoms with Gasteiger partial charge in [-0.05, 0) is 43.5 Å². The van der Waals surface area contributed by atoms with Crippen LogP contribution in [-0.4, -0.2) is 16.3 Å². The molecule has 2 heteroatoms. The van der Waals surface area contributed by atoms with Crippen molar-refractivity contribution in [3.8, 4) is 0 Å². The average Bonchev–Trinajstić information content (AvgIpc) is 2.19. The topological polar surface area (TPSA) is 17.1 Å². The van der Waals surface area contributed by atoms with Crippen LogP contribution in [0.5, 0.6) is 0 Å². The van der Waals surface area contributed by atoms with Crippen molar-refractivity contribution in [2.75, 3.05) is 5.75 Å². The molecule has 1 aromatic carbocycles. The molecule has 94 valence electrons. The van der Waals surface area contributed by atoms with Gasteiger partial charge in [0.15, 0.2) is 5.78 Å². The monoisotopic (exact) mass is 250 g/mol. The second kappa shape index (κ2) is 5.26. The summed E-state index contributed by atoms with van der Waals surface area (Å²) >= 11 is 1.71. The van der Waals surface area contributed by atoms with Gasteiger partial charge in [-0.25, -0.2) is 0 Å². The maximum atomic E-state index is 12.2. The summed E-state index contributed by atoms with van der Waals surface area (Å²) in [5.41, 5.74) is 4.42. The van der Waals surface area contributed by atoms with Crippen LogP contribution in [0.25, 0.3) is 0 Å². The second-order valence-corrected chi connectivity index (χ2v) is 7.38. The Morgan fingerprint density at radius 2 is 1.59 bits per heavy atom. The average molecular weight is 250 g/mol. The first-order valence-corrected chi connectivity index (χ1v) is 6.94. The molecule has 0 amide bonds. The van der Waals surface area contributed by atoms with Crippen LogP contribution in [-0.2, 0) is 0 Å². The predicted molar refractivity (Wildman–Crippen MR) is 77.2 cm³/mol. The third-order valence-corrected chi connectivity index (χ3v) is 4.05. The quantitative estimate of drug-likeness (QED) is 0.743. The zero-order chi connectivity index (χ0) is 13.2. The molecule has 0 N–H and O–H groups in total. The number of benzene rings is 1. The summed E-state index contributed by atoms with van der Waals surface area (Å²) in [4.78, 5) is 12.2. The molecule has 0 atom stereocenters. The molecule has 0 saturated carbocycles. The van der Waals surface area contributed by atoms with Gasteiger partial charge in [-0.2, -0.15) is 0 Å². The number of hydrogen-bond acceptors (Lipinski definition) is 2. The van der Waals surface area contributed by atoms with E-state index in [0.29, 0.717) is 5.75 Å². The van der Waals surface area contributed by atoms with Crippen molar-refractivity contribution in [1.82, 2.24) is 0 Å². The largest absolute Gasteiger partial charge is 0.293 e. The van der Waals surface area contributed by atoms with Gasteiger partial charge in [-0.15, -0.1) is 11.8 Å². The maximum absolute atomic E-state index is 12.2. The van der Waals surface area contributed by atoms with E-state index >= 15 is 0 Å². The molecule has 17 heavy (non-hydrogen) atoms. The van der Waals surface area contributed by atoms with Gasteiger partial charge in [0.2, 0.25) is 0 Å². The Morgan fingerprint density at radius 3 is 2.12 bits per heavy atom. The molecule has 0 aromatic heterocycles. The molecule has 0 bridgehead atoms. The van der Waals surface area contributed by atoms with E-state index in [4.69, 9.17) is 0 Å². The minimum atomic E-state index is 0.142. The lowest BCUT2D eigenvalue weighted by atomic mass is 9.99. The Hall–Kier alpha value is -0.760. The normalized spacial score (nSPS) is 11.6. The van der Waals surface area contributed by atoms with Gasteiger partial charge >= 0.3 is 0 Å². The van der Waals surface area contributed by atoms with Crippen molar-refractivity contribution < 1.29 is 4.79 Å². The van der Waals surface area contributed by atoms with Crippen molar-refractivity contribution in [3.05, 3.63) is 34.4 Å². The molecule has 0 aliphatic rings. The number of thioether (sulfide) groups is 1. The molecule has 0 aliphatic carbocycles. The molecule has 0 saturated heterocycles. The fraction of sp³-hybridized carbons (Fsp3) is 0.533. The zero-order valence-corrected chi connectivity index (χ0v) is 12.5. The number of hydrogen-bond donors (Lipinski definition) is 0. The lowest BCUT2D eigenvalue weighted by Crippen LogP contribution is -2.14. The van der Waals surface area contributed by atoms with E-state index in [9.17, 15) is 4.79 Å². The highest BCUT2D eigenvalue weighted by Crippen LogP contribution is 2.25. The van der Waals surface area contributed by atoms with Crippen LogP contribution in [0.3, 0.4) is 0 Å². The van der Waals surface area contributed by atoms with Crippen LogP contribution in [0.15, 0.2) is 12.1 Å². The Labute approximate surface area is 109 Å². The molecule has 0 radical (unpaired) electrons. The maximum Gasteiger partial charge on any atom is 0.173 e. The molecular formula is C15H22OS. The molecular weight excluding hydrogens is 228 g/mol. The van der Waals surface area contributed by atoms with Gasteiger partial charge in [-0.3, -0.25) is 4.79 Å². The number of carbonyl (C=O) groups is 1. The zero-order valence-electron chi connectivity index (χ0n) is 11.7. The van der Waals surface area contributed by atoms with E-state index < -0.39 is 0 Å². The van der Waals surface area contributed by atoms with Crippen molar-refractivity contribution in [3.63, 3.8) is 0 Å². The summed E-state index contributed by atoms with van der Waals surface area (Å²) in [7, 11) is 0. The van der Waals surface area contributed by atoms with E-state index in [1.807, 2.05) is 13.0 Å². The minimum absolute atomic E-state index is 0.142. The summed E-state index contributed by atoms with van der Waals surface area (Å²) < 4.78 is 0.142. The Bertz CT molecular complexity index is 427. The lowest BCUT2D eigenvalue weighted by Gasteiger charge is -2.17. The molecule has 1 nitrogen and oxygen atoms in total. The van der Waals surface area contributed by atoms with E-state index in [2.05, 4.69) is 40.7 Å². The van der Waals surface area contributed by atoms with Crippen molar-refractivity contribution in [1.29, 1.82) is 0 Å². The molecule has 0 fully saturated rings. The van der Waals surface area contributed by atoms with Gasteiger partial charge in [0.05, 0.1) is 5.75 Å². The number of aryl methyl sites for hydroxylation is 3. The molecule has 1 rings (SSSR count). The van der Waals surface area contributed by atoms with Gasteiger partial charge < -0.3 is 0 Å². The number of ketones is 1. The predicted octanol–water partition coefficient (Wildman–Crippen LogP) is 4.33. The van der Waals surface area contributed by atoms with Crippen molar-refractivity contribution in [2.24, 2.45) is 0 Å². The smallest absolute Gasteiger partial charge is 0.173 e. The lowest BCUT2D eigenvalue weighted by molar-refractivity contribution is 0.102. The van der Waals surface area contributed by atoms with E-state index in [1.54, 1.807) is 11.8 Å². The van der Waals surface area contributed by atoms with Crippen molar-refractivity contribution in [2.45, 2.75) is 46.3 Å². The van der Waals surface area contributed by atoms with Crippen LogP contribution >= 0.6 is 11.8 Å². The number of carbonyl (C=O) groups excluding carboxylic acids is 1. The standard InChI is InChI=1S/C15H22OS/c1-10-7-12(3)13(8-11(10)2)14(16)9-17-15(4,5)6/h7-8H,9H2,1-6H3. The van der Waals surface area contributed by atoms with Crippen LogP contribution in [0.1, 0.15) is 47.8 Å². The third kappa shape index (κ3) is 4.19. The Balaban J connectivity index is 2.86. The first kappa shape index (κ1) is 14.3. The fourth-order valence-corrected chi connectivity index (χ4v) is 2.34. The number of Topliss-reactive ketones (excluding diaryl/α,β-unsaturated/α-hetero) is 1. The second-order valence-electron chi connectivity index (χ2n) is 5.58. The Morgan fingerprint density at radius 1 is 1.06 bits per heavy atom. The molecule has 0 heterocycles. The van der Waals surface area contributed by atoms with Crippen LogP contribution in [0, 0.1) is 20.8 Å².